The van der Waals surface area contributed by atoms with Gasteiger partial charge in [-0.3, -0.25) is 0 Å². The van der Waals surface area contributed by atoms with Crippen LogP contribution in [0.2, 0.25) is 0 Å². The molecule has 3 saturated carbocycles. The van der Waals surface area contributed by atoms with E-state index < -0.39 is 0 Å². The highest BCUT2D eigenvalue weighted by Gasteiger charge is 2.61. The summed E-state index contributed by atoms with van der Waals surface area (Å²) in [6, 6.07) is 10.1. The minimum Gasteiger partial charge on any atom is -0.376 e. The van der Waals surface area contributed by atoms with Crippen LogP contribution in [-0.4, -0.2) is 36.2 Å². The first-order valence-electron chi connectivity index (χ1n) is 11.7. The SMILES string of the molecule is CC1(C)[C@@H]2CC[C@]1(C)[C@H](OCCN(C(=O)Nc1ccccc1)C1CCCCC1)C2. The lowest BCUT2D eigenvalue weighted by Gasteiger charge is -2.39. The maximum Gasteiger partial charge on any atom is 0.322 e. The van der Waals surface area contributed by atoms with Crippen molar-refractivity contribution >= 4 is 11.7 Å². The minimum atomic E-state index is 0.0196. The van der Waals surface area contributed by atoms with Gasteiger partial charge in [-0.1, -0.05) is 58.2 Å². The lowest BCUT2D eigenvalue weighted by molar-refractivity contribution is -0.0517. The maximum absolute atomic E-state index is 13.1. The Balaban J connectivity index is 1.37. The number of nitrogens with one attached hydrogen (secondary N) is 1. The molecule has 0 saturated heterocycles. The molecule has 2 bridgehead atoms. The molecule has 4 rings (SSSR count). The molecule has 1 aromatic carbocycles. The highest BCUT2D eigenvalue weighted by atomic mass is 16.5. The van der Waals surface area contributed by atoms with Crippen molar-refractivity contribution in [3.63, 3.8) is 0 Å². The van der Waals surface area contributed by atoms with Gasteiger partial charge < -0.3 is 15.0 Å². The van der Waals surface area contributed by atoms with E-state index in [1.807, 2.05) is 35.2 Å². The van der Waals surface area contributed by atoms with Crippen LogP contribution >= 0.6 is 0 Å². The standard InChI is InChI=1S/C25H38N2O2/c1-24(2)19-14-15-25(24,3)22(18-19)29-17-16-27(21-12-8-5-9-13-21)23(28)26-20-10-6-4-7-11-20/h4,6-7,10-11,19,21-22H,5,8-9,12-18H2,1-3H3,(H,26,28)/t19-,22-,25-/m1/s1. The number of hydrogen-bond acceptors (Lipinski definition) is 2. The Kier molecular flexibility index (Phi) is 5.92. The molecule has 0 unspecified atom stereocenters. The molecule has 3 aliphatic rings. The Morgan fingerprint density at radius 3 is 2.45 bits per heavy atom. The Bertz CT molecular complexity index is 698. The largest absolute Gasteiger partial charge is 0.376 e. The predicted octanol–water partition coefficient (Wildman–Crippen LogP) is 6.08. The van der Waals surface area contributed by atoms with Gasteiger partial charge in [0.1, 0.15) is 0 Å². The molecule has 0 aromatic heterocycles. The number of ether oxygens (including phenoxy) is 1. The van der Waals surface area contributed by atoms with Crippen molar-refractivity contribution < 1.29 is 9.53 Å². The van der Waals surface area contributed by atoms with Crippen LogP contribution < -0.4 is 5.32 Å². The molecular weight excluding hydrogens is 360 g/mol. The molecule has 1 N–H and O–H groups in total. The number of rotatable bonds is 6. The quantitative estimate of drug-likeness (QED) is 0.630. The molecule has 3 atom stereocenters. The number of hydrogen-bond donors (Lipinski definition) is 1. The normalized spacial score (nSPS) is 31.0. The number of para-hydroxylation sites is 1. The van der Waals surface area contributed by atoms with Crippen molar-refractivity contribution in [2.45, 2.75) is 84.3 Å². The van der Waals surface area contributed by atoms with E-state index >= 15 is 0 Å². The summed E-state index contributed by atoms with van der Waals surface area (Å²) in [5, 5.41) is 3.10. The van der Waals surface area contributed by atoms with Crippen LogP contribution in [0.15, 0.2) is 30.3 Å². The molecule has 4 heteroatoms. The monoisotopic (exact) mass is 398 g/mol. The lowest BCUT2D eigenvalue weighted by atomic mass is 9.70. The molecule has 0 heterocycles. The Morgan fingerprint density at radius 2 is 1.83 bits per heavy atom. The van der Waals surface area contributed by atoms with Gasteiger partial charge in [0, 0.05) is 18.3 Å². The third-order valence-electron chi connectivity index (χ3n) is 8.67. The molecule has 2 amide bonds. The summed E-state index contributed by atoms with van der Waals surface area (Å²) in [4.78, 5) is 15.1. The van der Waals surface area contributed by atoms with Gasteiger partial charge in [-0.15, -0.1) is 0 Å². The summed E-state index contributed by atoms with van der Waals surface area (Å²) in [7, 11) is 0. The molecule has 0 aliphatic heterocycles. The fraction of sp³-hybridized carbons (Fsp3) is 0.720. The molecule has 29 heavy (non-hydrogen) atoms. The van der Waals surface area contributed by atoms with Gasteiger partial charge in [0.25, 0.3) is 0 Å². The number of urea groups is 1. The van der Waals surface area contributed by atoms with E-state index in [-0.39, 0.29) is 11.4 Å². The van der Waals surface area contributed by atoms with Crippen molar-refractivity contribution in [2.24, 2.45) is 16.7 Å². The van der Waals surface area contributed by atoms with Crippen LogP contribution in [0.25, 0.3) is 0 Å². The van der Waals surface area contributed by atoms with E-state index in [0.29, 0.717) is 30.7 Å². The molecule has 1 aromatic rings. The average molecular weight is 399 g/mol. The van der Waals surface area contributed by atoms with Crippen LogP contribution in [0, 0.1) is 16.7 Å². The highest BCUT2D eigenvalue weighted by molar-refractivity contribution is 5.89. The van der Waals surface area contributed by atoms with Crippen molar-refractivity contribution in [3.05, 3.63) is 30.3 Å². The van der Waals surface area contributed by atoms with E-state index in [0.717, 1.165) is 24.4 Å². The van der Waals surface area contributed by atoms with Crippen LogP contribution in [-0.2, 0) is 4.74 Å². The average Bonchev–Trinajstić information content (AvgIpc) is 3.06. The van der Waals surface area contributed by atoms with Crippen LogP contribution in [0.5, 0.6) is 0 Å². The zero-order chi connectivity index (χ0) is 20.5. The first kappa shape index (κ1) is 20.7. The van der Waals surface area contributed by atoms with Gasteiger partial charge in [-0.05, 0) is 61.0 Å². The van der Waals surface area contributed by atoms with Crippen molar-refractivity contribution in [1.29, 1.82) is 0 Å². The van der Waals surface area contributed by atoms with Crippen LogP contribution in [0.3, 0.4) is 0 Å². The van der Waals surface area contributed by atoms with Gasteiger partial charge in [0.05, 0.1) is 12.7 Å². The lowest BCUT2D eigenvalue weighted by Crippen LogP contribution is -2.46. The van der Waals surface area contributed by atoms with E-state index in [1.165, 1.54) is 38.5 Å². The van der Waals surface area contributed by atoms with E-state index in [2.05, 4.69) is 26.1 Å². The van der Waals surface area contributed by atoms with E-state index in [9.17, 15) is 4.79 Å². The number of benzene rings is 1. The smallest absolute Gasteiger partial charge is 0.322 e. The third kappa shape index (κ3) is 3.93. The first-order chi connectivity index (χ1) is 13.9. The van der Waals surface area contributed by atoms with Crippen LogP contribution in [0.4, 0.5) is 10.5 Å². The minimum absolute atomic E-state index is 0.0196. The molecule has 0 radical (unpaired) electrons. The highest BCUT2D eigenvalue weighted by Crippen LogP contribution is 2.66. The van der Waals surface area contributed by atoms with Gasteiger partial charge in [-0.25, -0.2) is 4.79 Å². The maximum atomic E-state index is 13.1. The summed E-state index contributed by atoms with van der Waals surface area (Å²) < 4.78 is 6.48. The van der Waals surface area contributed by atoms with Gasteiger partial charge in [0.15, 0.2) is 0 Å². The molecular formula is C25H38N2O2. The topological polar surface area (TPSA) is 41.6 Å². The predicted molar refractivity (Wildman–Crippen MR) is 118 cm³/mol. The van der Waals surface area contributed by atoms with Crippen LogP contribution in [0.1, 0.15) is 72.1 Å². The third-order valence-corrected chi connectivity index (χ3v) is 8.67. The first-order valence-corrected chi connectivity index (χ1v) is 11.7. The molecule has 3 fully saturated rings. The van der Waals surface area contributed by atoms with E-state index in [4.69, 9.17) is 4.74 Å². The zero-order valence-corrected chi connectivity index (χ0v) is 18.5. The number of anilines is 1. The Labute approximate surface area is 176 Å². The second-order valence-corrected chi connectivity index (χ2v) is 10.3. The molecule has 160 valence electrons. The van der Waals surface area contributed by atoms with Gasteiger partial charge in [-0.2, -0.15) is 0 Å². The van der Waals surface area contributed by atoms with Crippen molar-refractivity contribution in [1.82, 2.24) is 4.90 Å². The Morgan fingerprint density at radius 1 is 1.10 bits per heavy atom. The number of carbonyl (C=O) groups excluding carboxylic acids is 1. The number of carbonyl (C=O) groups is 1. The van der Waals surface area contributed by atoms with Gasteiger partial charge >= 0.3 is 6.03 Å². The molecule has 0 spiro atoms. The van der Waals surface area contributed by atoms with Gasteiger partial charge in [0.2, 0.25) is 0 Å². The summed E-state index contributed by atoms with van der Waals surface area (Å²) in [5.41, 5.74) is 1.51. The summed E-state index contributed by atoms with van der Waals surface area (Å²) in [5.74, 6) is 0.785. The Hall–Kier alpha value is -1.55. The summed E-state index contributed by atoms with van der Waals surface area (Å²) >= 11 is 0. The number of nitrogens with zero attached hydrogens (tertiary/aromatic N) is 1. The number of amides is 2. The van der Waals surface area contributed by atoms with E-state index in [1.54, 1.807) is 0 Å². The molecule has 4 nitrogen and oxygen atoms in total. The summed E-state index contributed by atoms with van der Waals surface area (Å²) in [6.07, 6.45) is 10.1. The second kappa shape index (κ2) is 8.29. The van der Waals surface area contributed by atoms with Crippen molar-refractivity contribution in [3.8, 4) is 0 Å². The fourth-order valence-corrected chi connectivity index (χ4v) is 6.24. The second-order valence-electron chi connectivity index (χ2n) is 10.3. The summed E-state index contributed by atoms with van der Waals surface area (Å²) in [6.45, 7) is 8.60. The van der Waals surface area contributed by atoms with Crippen molar-refractivity contribution in [2.75, 3.05) is 18.5 Å². The number of fused-ring (bicyclic) bond motifs is 2. The fourth-order valence-electron chi connectivity index (χ4n) is 6.24. The molecule has 3 aliphatic carbocycles. The zero-order valence-electron chi connectivity index (χ0n) is 18.5.